The van der Waals surface area contributed by atoms with E-state index >= 15 is 0 Å². The number of hydrogen-bond donors (Lipinski definition) is 1. The topological polar surface area (TPSA) is 94.8 Å². The van der Waals surface area contributed by atoms with Crippen LogP contribution in [0.5, 0.6) is 5.75 Å². The number of aryl methyl sites for hydroxylation is 1. The summed E-state index contributed by atoms with van der Waals surface area (Å²) in [7, 11) is 1.56. The maximum Gasteiger partial charge on any atom is 0.375 e. The fourth-order valence-corrected chi connectivity index (χ4v) is 2.82. The molecule has 2 aromatic carbocycles. The van der Waals surface area contributed by atoms with Gasteiger partial charge in [0.1, 0.15) is 11.3 Å². The summed E-state index contributed by atoms with van der Waals surface area (Å²) < 4.78 is 16.1. The fraction of sp³-hybridized carbons (Fsp3) is 0.227. The highest BCUT2D eigenvalue weighted by atomic mass is 16.6. The van der Waals surface area contributed by atoms with Crippen LogP contribution < -0.4 is 10.1 Å². The normalized spacial score (nSPS) is 11.7. The standard InChI is InChI=1S/C22H21NO6/c1-12-18-11-17(27-4)9-10-19(18)29-20(12)22(26)28-14(3)21(25)23-16-7-5-15(6-8-16)13(2)24/h5-11,14H,1-4H3,(H,23,25)/t14-/m0/s1. The molecule has 1 heterocycles. The Labute approximate surface area is 167 Å². The van der Waals surface area contributed by atoms with Crippen molar-refractivity contribution in [2.45, 2.75) is 26.9 Å². The Morgan fingerprint density at radius 3 is 2.38 bits per heavy atom. The number of carbonyl (C=O) groups excluding carboxylic acids is 3. The van der Waals surface area contributed by atoms with Gasteiger partial charge in [0.2, 0.25) is 5.76 Å². The molecule has 0 aliphatic carbocycles. The maximum absolute atomic E-state index is 12.5. The summed E-state index contributed by atoms with van der Waals surface area (Å²) in [6, 6.07) is 11.7. The molecule has 0 unspecified atom stereocenters. The smallest absolute Gasteiger partial charge is 0.375 e. The van der Waals surface area contributed by atoms with E-state index in [1.165, 1.54) is 13.8 Å². The minimum atomic E-state index is -1.04. The lowest BCUT2D eigenvalue weighted by Gasteiger charge is -2.13. The lowest BCUT2D eigenvalue weighted by Crippen LogP contribution is -2.30. The number of methoxy groups -OCH3 is 1. The van der Waals surface area contributed by atoms with Gasteiger partial charge in [0.05, 0.1) is 7.11 Å². The number of anilines is 1. The molecule has 1 aromatic heterocycles. The van der Waals surface area contributed by atoms with Crippen molar-refractivity contribution in [2.75, 3.05) is 12.4 Å². The summed E-state index contributed by atoms with van der Waals surface area (Å²) in [5, 5.41) is 3.38. The molecule has 1 atom stereocenters. The number of nitrogens with one attached hydrogen (secondary N) is 1. The Morgan fingerprint density at radius 2 is 1.76 bits per heavy atom. The monoisotopic (exact) mass is 395 g/mol. The molecule has 1 amide bonds. The highest BCUT2D eigenvalue weighted by molar-refractivity contribution is 6.00. The van der Waals surface area contributed by atoms with Gasteiger partial charge < -0.3 is 19.2 Å². The minimum absolute atomic E-state index is 0.0405. The second kappa shape index (κ2) is 8.18. The molecule has 3 aromatic rings. The Kier molecular flexibility index (Phi) is 5.68. The van der Waals surface area contributed by atoms with Crippen LogP contribution in [0, 0.1) is 6.92 Å². The van der Waals surface area contributed by atoms with Crippen LogP contribution >= 0.6 is 0 Å². The zero-order valence-electron chi connectivity index (χ0n) is 16.6. The number of furan rings is 1. The second-order valence-corrected chi connectivity index (χ2v) is 6.59. The molecule has 0 radical (unpaired) electrons. The van der Waals surface area contributed by atoms with Gasteiger partial charge in [-0.25, -0.2) is 4.79 Å². The van der Waals surface area contributed by atoms with Crippen LogP contribution in [0.15, 0.2) is 46.9 Å². The van der Waals surface area contributed by atoms with E-state index in [1.54, 1.807) is 56.5 Å². The van der Waals surface area contributed by atoms with E-state index in [0.29, 0.717) is 28.1 Å². The zero-order chi connectivity index (χ0) is 21.1. The molecule has 150 valence electrons. The first-order valence-corrected chi connectivity index (χ1v) is 9.00. The lowest BCUT2D eigenvalue weighted by molar-refractivity contribution is -0.123. The van der Waals surface area contributed by atoms with E-state index in [4.69, 9.17) is 13.9 Å². The summed E-state index contributed by atoms with van der Waals surface area (Å²) in [6.45, 7) is 4.67. The number of esters is 1. The van der Waals surface area contributed by atoms with Gasteiger partial charge in [0.15, 0.2) is 11.9 Å². The molecular weight excluding hydrogens is 374 g/mol. The Balaban J connectivity index is 1.69. The SMILES string of the molecule is COc1ccc2oc(C(=O)O[C@@H](C)C(=O)Nc3ccc(C(C)=O)cc3)c(C)c2c1. The molecule has 3 rings (SSSR count). The number of rotatable bonds is 6. The average molecular weight is 395 g/mol. The van der Waals surface area contributed by atoms with Gasteiger partial charge in [0, 0.05) is 22.2 Å². The highest BCUT2D eigenvalue weighted by Gasteiger charge is 2.24. The van der Waals surface area contributed by atoms with E-state index < -0.39 is 18.0 Å². The molecule has 0 saturated carbocycles. The van der Waals surface area contributed by atoms with Crippen molar-refractivity contribution in [3.8, 4) is 5.75 Å². The number of hydrogen-bond acceptors (Lipinski definition) is 6. The summed E-state index contributed by atoms with van der Waals surface area (Å²) >= 11 is 0. The van der Waals surface area contributed by atoms with Crippen LogP contribution in [0.3, 0.4) is 0 Å². The van der Waals surface area contributed by atoms with E-state index in [1.807, 2.05) is 0 Å². The molecule has 0 aliphatic heterocycles. The van der Waals surface area contributed by atoms with Gasteiger partial charge in [-0.1, -0.05) is 0 Å². The molecule has 0 fully saturated rings. The summed E-state index contributed by atoms with van der Waals surface area (Å²) in [5.74, 6) is -0.607. The van der Waals surface area contributed by atoms with Crippen molar-refractivity contribution in [2.24, 2.45) is 0 Å². The summed E-state index contributed by atoms with van der Waals surface area (Å²) in [6.07, 6.45) is -1.04. The van der Waals surface area contributed by atoms with Crippen LogP contribution in [-0.4, -0.2) is 30.9 Å². The number of fused-ring (bicyclic) bond motifs is 1. The summed E-state index contributed by atoms with van der Waals surface area (Å²) in [4.78, 5) is 36.2. The van der Waals surface area contributed by atoms with Crippen LogP contribution in [0.2, 0.25) is 0 Å². The van der Waals surface area contributed by atoms with Crippen LogP contribution in [0.25, 0.3) is 11.0 Å². The average Bonchev–Trinajstić information content (AvgIpc) is 3.04. The first-order valence-electron chi connectivity index (χ1n) is 9.00. The zero-order valence-corrected chi connectivity index (χ0v) is 16.6. The molecule has 7 nitrogen and oxygen atoms in total. The largest absolute Gasteiger partial charge is 0.497 e. The van der Waals surface area contributed by atoms with Crippen molar-refractivity contribution in [3.05, 3.63) is 59.4 Å². The molecule has 7 heteroatoms. The molecular formula is C22H21NO6. The summed E-state index contributed by atoms with van der Waals surface area (Å²) in [5.41, 5.74) is 2.17. The first kappa shape index (κ1) is 20.1. The van der Waals surface area contributed by atoms with Crippen molar-refractivity contribution < 1.29 is 28.3 Å². The molecule has 0 bridgehead atoms. The Morgan fingerprint density at radius 1 is 1.07 bits per heavy atom. The Bertz CT molecular complexity index is 1080. The van der Waals surface area contributed by atoms with Crippen molar-refractivity contribution in [1.29, 1.82) is 0 Å². The van der Waals surface area contributed by atoms with Gasteiger partial charge in [-0.15, -0.1) is 0 Å². The van der Waals surface area contributed by atoms with Crippen molar-refractivity contribution >= 4 is 34.3 Å². The van der Waals surface area contributed by atoms with Crippen molar-refractivity contribution in [1.82, 2.24) is 0 Å². The number of amides is 1. The van der Waals surface area contributed by atoms with Gasteiger partial charge >= 0.3 is 5.97 Å². The lowest BCUT2D eigenvalue weighted by atomic mass is 10.1. The number of ketones is 1. The molecule has 0 aliphatic rings. The van der Waals surface area contributed by atoms with Gasteiger partial charge in [-0.2, -0.15) is 0 Å². The van der Waals surface area contributed by atoms with Gasteiger partial charge in [0.25, 0.3) is 5.91 Å². The van der Waals surface area contributed by atoms with Gasteiger partial charge in [-0.05, 0) is 63.2 Å². The van der Waals surface area contributed by atoms with Crippen LogP contribution in [0.4, 0.5) is 5.69 Å². The predicted octanol–water partition coefficient (Wildman–Crippen LogP) is 4.14. The Hall–Kier alpha value is -3.61. The number of benzene rings is 2. The van der Waals surface area contributed by atoms with E-state index in [-0.39, 0.29) is 11.5 Å². The molecule has 29 heavy (non-hydrogen) atoms. The second-order valence-electron chi connectivity index (χ2n) is 6.59. The molecule has 0 saturated heterocycles. The fourth-order valence-electron chi connectivity index (χ4n) is 2.82. The number of ether oxygens (including phenoxy) is 2. The van der Waals surface area contributed by atoms with E-state index in [9.17, 15) is 14.4 Å². The first-order chi connectivity index (χ1) is 13.8. The maximum atomic E-state index is 12.5. The van der Waals surface area contributed by atoms with Gasteiger partial charge in [-0.3, -0.25) is 9.59 Å². The highest BCUT2D eigenvalue weighted by Crippen LogP contribution is 2.29. The quantitative estimate of drug-likeness (QED) is 0.498. The third kappa shape index (κ3) is 4.29. The van der Waals surface area contributed by atoms with E-state index in [0.717, 1.165) is 5.39 Å². The minimum Gasteiger partial charge on any atom is -0.497 e. The third-order valence-electron chi connectivity index (χ3n) is 4.54. The third-order valence-corrected chi connectivity index (χ3v) is 4.54. The molecule has 0 spiro atoms. The van der Waals surface area contributed by atoms with Crippen LogP contribution in [-0.2, 0) is 9.53 Å². The predicted molar refractivity (Wildman–Crippen MR) is 107 cm³/mol. The van der Waals surface area contributed by atoms with E-state index in [2.05, 4.69) is 5.32 Å². The number of Topliss-reactive ketones (excluding diaryl/α,β-unsaturated/α-hetero) is 1. The molecule has 1 N–H and O–H groups in total. The number of carbonyl (C=O) groups is 3. The van der Waals surface area contributed by atoms with Crippen molar-refractivity contribution in [3.63, 3.8) is 0 Å². The van der Waals surface area contributed by atoms with Crippen LogP contribution in [0.1, 0.15) is 40.3 Å².